The Morgan fingerprint density at radius 3 is 2.48 bits per heavy atom. The maximum atomic E-state index is 12.4. The predicted octanol–water partition coefficient (Wildman–Crippen LogP) is 4.44. The Labute approximate surface area is 173 Å². The fraction of sp³-hybridized carbons (Fsp3) is 0.286. The van der Waals surface area contributed by atoms with E-state index < -0.39 is 5.25 Å². The number of aryl methyl sites for hydroxylation is 1. The van der Waals surface area contributed by atoms with E-state index in [0.29, 0.717) is 28.2 Å². The fourth-order valence-electron chi connectivity index (χ4n) is 2.62. The summed E-state index contributed by atoms with van der Waals surface area (Å²) in [6, 6.07) is 13.1. The average Bonchev–Trinajstić information content (AvgIpc) is 3.22. The van der Waals surface area contributed by atoms with Crippen molar-refractivity contribution in [1.29, 1.82) is 0 Å². The van der Waals surface area contributed by atoms with Crippen LogP contribution in [0, 0.1) is 0 Å². The highest BCUT2D eigenvalue weighted by Crippen LogP contribution is 2.33. The first-order chi connectivity index (χ1) is 14.0. The Morgan fingerprint density at radius 2 is 1.83 bits per heavy atom. The van der Waals surface area contributed by atoms with Crippen molar-refractivity contribution in [2.24, 2.45) is 0 Å². The van der Waals surface area contributed by atoms with Crippen LogP contribution in [-0.4, -0.2) is 35.6 Å². The Kier molecular flexibility index (Phi) is 6.77. The van der Waals surface area contributed by atoms with E-state index >= 15 is 0 Å². The molecule has 0 aliphatic carbocycles. The lowest BCUT2D eigenvalue weighted by Crippen LogP contribution is -2.22. The Bertz CT molecular complexity index is 972. The van der Waals surface area contributed by atoms with Crippen molar-refractivity contribution in [1.82, 2.24) is 10.2 Å². The second kappa shape index (κ2) is 9.47. The molecule has 0 aliphatic heterocycles. The van der Waals surface area contributed by atoms with Crippen LogP contribution in [0.15, 0.2) is 52.1 Å². The van der Waals surface area contributed by atoms with Gasteiger partial charge in [0.1, 0.15) is 0 Å². The Hall–Kier alpha value is -3.00. The summed E-state index contributed by atoms with van der Waals surface area (Å²) in [5.41, 5.74) is 2.69. The number of methoxy groups -OCH3 is 2. The highest BCUT2D eigenvalue weighted by atomic mass is 32.2. The molecule has 1 atom stereocenters. The van der Waals surface area contributed by atoms with Crippen LogP contribution >= 0.6 is 11.8 Å². The number of hydrogen-bond acceptors (Lipinski definition) is 7. The number of nitrogens with zero attached hydrogens (tertiary/aromatic N) is 2. The topological polar surface area (TPSA) is 86.5 Å². The van der Waals surface area contributed by atoms with Crippen molar-refractivity contribution in [2.45, 2.75) is 30.7 Å². The van der Waals surface area contributed by atoms with E-state index in [1.54, 1.807) is 39.3 Å². The molecular weight excluding hydrogens is 390 g/mol. The van der Waals surface area contributed by atoms with Gasteiger partial charge < -0.3 is 19.2 Å². The summed E-state index contributed by atoms with van der Waals surface area (Å²) in [6.07, 6.45) is 0.958. The van der Waals surface area contributed by atoms with Gasteiger partial charge in [-0.05, 0) is 49.2 Å². The van der Waals surface area contributed by atoms with E-state index in [2.05, 4.69) is 22.4 Å². The normalized spacial score (nSPS) is 11.7. The van der Waals surface area contributed by atoms with Gasteiger partial charge >= 0.3 is 0 Å². The Balaban J connectivity index is 1.65. The molecule has 1 amide bonds. The van der Waals surface area contributed by atoms with E-state index in [0.717, 1.165) is 12.1 Å². The Morgan fingerprint density at radius 1 is 1.10 bits per heavy atom. The average molecular weight is 413 g/mol. The third-order valence-electron chi connectivity index (χ3n) is 4.31. The largest absolute Gasteiger partial charge is 0.493 e. The molecule has 29 heavy (non-hydrogen) atoms. The molecule has 3 aromatic rings. The van der Waals surface area contributed by atoms with Gasteiger partial charge in [-0.3, -0.25) is 4.79 Å². The van der Waals surface area contributed by atoms with Crippen LogP contribution in [0.3, 0.4) is 0 Å². The number of thioether (sulfide) groups is 1. The number of nitrogens with one attached hydrogen (secondary N) is 1. The van der Waals surface area contributed by atoms with Crippen LogP contribution in [0.2, 0.25) is 0 Å². The number of aromatic nitrogens is 2. The molecule has 0 bridgehead atoms. The van der Waals surface area contributed by atoms with Crippen LogP contribution in [0.5, 0.6) is 11.5 Å². The molecule has 152 valence electrons. The van der Waals surface area contributed by atoms with Crippen LogP contribution < -0.4 is 14.8 Å². The lowest BCUT2D eigenvalue weighted by molar-refractivity contribution is -0.115. The maximum Gasteiger partial charge on any atom is 0.277 e. The highest BCUT2D eigenvalue weighted by Gasteiger charge is 2.19. The first-order valence-electron chi connectivity index (χ1n) is 9.16. The number of anilines is 1. The van der Waals surface area contributed by atoms with Gasteiger partial charge in [0.2, 0.25) is 11.8 Å². The lowest BCUT2D eigenvalue weighted by Gasteiger charge is -2.10. The third kappa shape index (κ3) is 5.08. The lowest BCUT2D eigenvalue weighted by atomic mass is 10.1. The zero-order valence-electron chi connectivity index (χ0n) is 16.8. The zero-order chi connectivity index (χ0) is 20.8. The number of ether oxygens (including phenoxy) is 2. The molecule has 0 saturated carbocycles. The zero-order valence-corrected chi connectivity index (χ0v) is 17.6. The minimum atomic E-state index is -0.403. The van der Waals surface area contributed by atoms with Crippen LogP contribution in [0.25, 0.3) is 11.5 Å². The predicted molar refractivity (Wildman–Crippen MR) is 113 cm³/mol. The smallest absolute Gasteiger partial charge is 0.277 e. The summed E-state index contributed by atoms with van der Waals surface area (Å²) in [6.45, 7) is 3.88. The van der Waals surface area contributed by atoms with E-state index in [1.807, 2.05) is 24.3 Å². The minimum absolute atomic E-state index is 0.134. The summed E-state index contributed by atoms with van der Waals surface area (Å²) in [4.78, 5) is 12.4. The molecule has 0 spiro atoms. The number of carbonyl (C=O) groups excluding carboxylic acids is 1. The molecule has 1 aromatic heterocycles. The van der Waals surface area contributed by atoms with Gasteiger partial charge in [-0.2, -0.15) is 0 Å². The van der Waals surface area contributed by atoms with Gasteiger partial charge in [0.05, 0.1) is 19.5 Å². The van der Waals surface area contributed by atoms with Gasteiger partial charge in [0.25, 0.3) is 5.22 Å². The fourth-order valence-corrected chi connectivity index (χ4v) is 3.30. The van der Waals surface area contributed by atoms with Crippen molar-refractivity contribution in [2.75, 3.05) is 19.5 Å². The van der Waals surface area contributed by atoms with Gasteiger partial charge in [-0.15, -0.1) is 10.2 Å². The second-order valence-electron chi connectivity index (χ2n) is 6.24. The molecular formula is C21H23N3O4S. The van der Waals surface area contributed by atoms with Crippen molar-refractivity contribution in [3.8, 4) is 23.0 Å². The maximum absolute atomic E-state index is 12.4. The molecule has 2 aromatic carbocycles. The molecule has 0 saturated heterocycles. The van der Waals surface area contributed by atoms with Crippen molar-refractivity contribution in [3.05, 3.63) is 48.0 Å². The summed E-state index contributed by atoms with van der Waals surface area (Å²) in [5.74, 6) is 1.39. The molecule has 0 fully saturated rings. The van der Waals surface area contributed by atoms with Crippen molar-refractivity contribution >= 4 is 23.4 Å². The molecule has 1 N–H and O–H groups in total. The van der Waals surface area contributed by atoms with Crippen LogP contribution in [0.1, 0.15) is 19.4 Å². The van der Waals surface area contributed by atoms with E-state index in [9.17, 15) is 4.79 Å². The van der Waals surface area contributed by atoms with Crippen LogP contribution in [0.4, 0.5) is 5.69 Å². The third-order valence-corrected chi connectivity index (χ3v) is 5.25. The molecule has 0 aliphatic rings. The SMILES string of the molecule is CCc1ccc(NC(=O)[C@H](C)Sc2nnc(-c3ccc(OC)c(OC)c3)o2)cc1. The summed E-state index contributed by atoms with van der Waals surface area (Å²) in [5, 5.41) is 10.9. The van der Waals surface area contributed by atoms with E-state index in [4.69, 9.17) is 13.9 Å². The van der Waals surface area contributed by atoms with Gasteiger partial charge in [0, 0.05) is 11.3 Å². The summed E-state index contributed by atoms with van der Waals surface area (Å²) in [7, 11) is 3.14. The molecule has 1 heterocycles. The highest BCUT2D eigenvalue weighted by molar-refractivity contribution is 8.00. The number of amides is 1. The first kappa shape index (κ1) is 20.7. The molecule has 0 radical (unpaired) electrons. The molecule has 3 rings (SSSR count). The summed E-state index contributed by atoms with van der Waals surface area (Å²) >= 11 is 1.20. The second-order valence-corrected chi connectivity index (χ2v) is 7.53. The first-order valence-corrected chi connectivity index (χ1v) is 10.0. The molecule has 0 unspecified atom stereocenters. The van der Waals surface area contributed by atoms with E-state index in [1.165, 1.54) is 17.3 Å². The standard InChI is InChI=1S/C21H23N3O4S/c1-5-14-6-9-16(10-7-14)22-19(25)13(2)29-21-24-23-20(28-21)15-8-11-17(26-3)18(12-15)27-4/h6-13H,5H2,1-4H3,(H,22,25)/t13-/m0/s1. The van der Waals surface area contributed by atoms with E-state index in [-0.39, 0.29) is 5.91 Å². The van der Waals surface area contributed by atoms with Crippen LogP contribution in [-0.2, 0) is 11.2 Å². The van der Waals surface area contributed by atoms with Crippen molar-refractivity contribution in [3.63, 3.8) is 0 Å². The minimum Gasteiger partial charge on any atom is -0.493 e. The molecule has 8 heteroatoms. The number of carbonyl (C=O) groups is 1. The monoisotopic (exact) mass is 413 g/mol. The van der Waals surface area contributed by atoms with Gasteiger partial charge in [-0.1, -0.05) is 30.8 Å². The number of rotatable bonds is 8. The summed E-state index contributed by atoms with van der Waals surface area (Å²) < 4.78 is 16.2. The van der Waals surface area contributed by atoms with Gasteiger partial charge in [-0.25, -0.2) is 0 Å². The van der Waals surface area contributed by atoms with Crippen molar-refractivity contribution < 1.29 is 18.7 Å². The number of benzene rings is 2. The number of hydrogen-bond donors (Lipinski definition) is 1. The quantitative estimate of drug-likeness (QED) is 0.547. The molecule has 7 nitrogen and oxygen atoms in total. The van der Waals surface area contributed by atoms with Gasteiger partial charge in [0.15, 0.2) is 11.5 Å².